The van der Waals surface area contributed by atoms with Gasteiger partial charge in [0.15, 0.2) is 5.16 Å². The second kappa shape index (κ2) is 9.53. The van der Waals surface area contributed by atoms with Gasteiger partial charge in [0.2, 0.25) is 5.91 Å². The first-order valence-corrected chi connectivity index (χ1v) is 10.9. The van der Waals surface area contributed by atoms with Gasteiger partial charge < -0.3 is 14.8 Å². The summed E-state index contributed by atoms with van der Waals surface area (Å²) < 4.78 is 11.2. The van der Waals surface area contributed by atoms with Crippen LogP contribution < -0.4 is 10.9 Å². The number of rotatable bonds is 8. The van der Waals surface area contributed by atoms with E-state index in [0.29, 0.717) is 18.3 Å². The lowest BCUT2D eigenvalue weighted by atomic mass is 9.97. The fraction of sp³-hybridized carbons (Fsp3) is 0.556. The third kappa shape index (κ3) is 4.56. The normalized spacial score (nSPS) is 13.4. The molecule has 0 radical (unpaired) electrons. The lowest BCUT2D eigenvalue weighted by Crippen LogP contribution is -2.32. The number of nitrogens with one attached hydrogen (secondary N) is 1. The van der Waals surface area contributed by atoms with E-state index < -0.39 is 5.97 Å². The van der Waals surface area contributed by atoms with Crippen molar-refractivity contribution in [1.29, 1.82) is 0 Å². The molecule has 0 aliphatic heterocycles. The minimum atomic E-state index is -0.515. The first-order valence-electron chi connectivity index (χ1n) is 9.05. The molecule has 1 amide bonds. The Bertz CT molecular complexity index is 937. The third-order valence-corrected chi connectivity index (χ3v) is 6.71. The Morgan fingerprint density at radius 1 is 1.29 bits per heavy atom. The standard InChI is InChI=1S/C18H23N3O5S2/c1-25-8-7-21-17(24)15-11-5-3-4-6-12(11)28-16(15)20-18(21)27-10-13(22)19-9-14(23)26-2/h3-10H2,1-2H3,(H,19,22). The minimum absolute atomic E-state index is 0.0486. The number of thioether (sulfide) groups is 1. The van der Waals surface area contributed by atoms with Crippen LogP contribution in [0.4, 0.5) is 0 Å². The van der Waals surface area contributed by atoms with Gasteiger partial charge in [-0.3, -0.25) is 19.0 Å². The Kier molecular flexibility index (Phi) is 7.08. The van der Waals surface area contributed by atoms with Gasteiger partial charge in [0.05, 0.1) is 31.4 Å². The number of aromatic nitrogens is 2. The number of fused-ring (bicyclic) bond motifs is 3. The van der Waals surface area contributed by atoms with Crippen LogP contribution in [0.5, 0.6) is 0 Å². The average molecular weight is 426 g/mol. The number of carbonyl (C=O) groups excluding carboxylic acids is 2. The van der Waals surface area contributed by atoms with E-state index in [4.69, 9.17) is 9.72 Å². The van der Waals surface area contributed by atoms with E-state index in [-0.39, 0.29) is 23.8 Å². The Labute approximate surface area is 170 Å². The van der Waals surface area contributed by atoms with Gasteiger partial charge in [-0.05, 0) is 31.2 Å². The Morgan fingerprint density at radius 3 is 2.82 bits per heavy atom. The van der Waals surface area contributed by atoms with E-state index in [2.05, 4.69) is 10.1 Å². The highest BCUT2D eigenvalue weighted by Gasteiger charge is 2.22. The molecule has 2 aromatic rings. The van der Waals surface area contributed by atoms with Crippen LogP contribution in [-0.2, 0) is 38.4 Å². The molecule has 0 saturated heterocycles. The smallest absolute Gasteiger partial charge is 0.325 e. The predicted octanol–water partition coefficient (Wildman–Crippen LogP) is 1.36. The van der Waals surface area contributed by atoms with E-state index in [1.807, 2.05) is 0 Å². The molecular weight excluding hydrogens is 402 g/mol. The van der Waals surface area contributed by atoms with E-state index in [1.165, 1.54) is 23.7 Å². The van der Waals surface area contributed by atoms with Crippen molar-refractivity contribution in [3.8, 4) is 0 Å². The number of methoxy groups -OCH3 is 2. The molecule has 8 nitrogen and oxygen atoms in total. The van der Waals surface area contributed by atoms with E-state index in [1.54, 1.807) is 23.0 Å². The van der Waals surface area contributed by atoms with Gasteiger partial charge >= 0.3 is 5.97 Å². The number of thiophene rings is 1. The summed E-state index contributed by atoms with van der Waals surface area (Å²) in [5.74, 6) is -0.792. The zero-order valence-corrected chi connectivity index (χ0v) is 17.5. The van der Waals surface area contributed by atoms with E-state index in [9.17, 15) is 14.4 Å². The lowest BCUT2D eigenvalue weighted by molar-refractivity contribution is -0.140. The molecule has 0 saturated carbocycles. The highest BCUT2D eigenvalue weighted by atomic mass is 32.2. The number of carbonyl (C=O) groups is 2. The molecule has 28 heavy (non-hydrogen) atoms. The maximum atomic E-state index is 13.2. The average Bonchev–Trinajstić information content (AvgIpc) is 3.08. The molecule has 0 fully saturated rings. The summed E-state index contributed by atoms with van der Waals surface area (Å²) in [5.41, 5.74) is 1.07. The minimum Gasteiger partial charge on any atom is -0.468 e. The topological polar surface area (TPSA) is 99.5 Å². The summed E-state index contributed by atoms with van der Waals surface area (Å²) in [5, 5.41) is 3.69. The fourth-order valence-electron chi connectivity index (χ4n) is 3.13. The molecule has 2 heterocycles. The van der Waals surface area contributed by atoms with Crippen LogP contribution in [0.2, 0.25) is 0 Å². The zero-order chi connectivity index (χ0) is 20.1. The second-order valence-electron chi connectivity index (χ2n) is 6.38. The highest BCUT2D eigenvalue weighted by Crippen LogP contribution is 2.34. The van der Waals surface area contributed by atoms with Gasteiger partial charge in [0, 0.05) is 12.0 Å². The Hall–Kier alpha value is -1.91. The van der Waals surface area contributed by atoms with Crippen molar-refractivity contribution in [3.05, 3.63) is 20.8 Å². The summed E-state index contributed by atoms with van der Waals surface area (Å²) in [6.07, 6.45) is 4.14. The Balaban J connectivity index is 1.86. The number of hydrogen-bond acceptors (Lipinski definition) is 8. The quantitative estimate of drug-likeness (QED) is 0.387. The molecule has 152 valence electrons. The summed E-state index contributed by atoms with van der Waals surface area (Å²) in [7, 11) is 2.84. The van der Waals surface area contributed by atoms with E-state index in [0.717, 1.165) is 41.5 Å². The van der Waals surface area contributed by atoms with Gasteiger partial charge in [0.25, 0.3) is 5.56 Å². The second-order valence-corrected chi connectivity index (χ2v) is 8.40. The fourth-order valence-corrected chi connectivity index (χ4v) is 5.29. The highest BCUT2D eigenvalue weighted by molar-refractivity contribution is 7.99. The maximum absolute atomic E-state index is 13.2. The number of ether oxygens (including phenoxy) is 2. The van der Waals surface area contributed by atoms with Gasteiger partial charge in [-0.2, -0.15) is 0 Å². The molecule has 10 heteroatoms. The zero-order valence-electron chi connectivity index (χ0n) is 15.9. The van der Waals surface area contributed by atoms with Crippen LogP contribution in [0.3, 0.4) is 0 Å². The van der Waals surface area contributed by atoms with Crippen LogP contribution in [0, 0.1) is 0 Å². The van der Waals surface area contributed by atoms with Gasteiger partial charge in [-0.15, -0.1) is 11.3 Å². The van der Waals surface area contributed by atoms with Gasteiger partial charge in [-0.1, -0.05) is 11.8 Å². The molecule has 2 aromatic heterocycles. The maximum Gasteiger partial charge on any atom is 0.325 e. The number of nitrogens with zero attached hydrogens (tertiary/aromatic N) is 2. The molecule has 0 aromatic carbocycles. The molecule has 1 aliphatic carbocycles. The summed E-state index contributed by atoms with van der Waals surface area (Å²) >= 11 is 2.76. The molecule has 3 rings (SSSR count). The van der Waals surface area contributed by atoms with Crippen molar-refractivity contribution in [2.75, 3.05) is 33.1 Å². The largest absolute Gasteiger partial charge is 0.468 e. The SMILES string of the molecule is COCCn1c(SCC(=O)NCC(=O)OC)nc2sc3c(c2c1=O)CCCC3. The number of hydrogen-bond donors (Lipinski definition) is 1. The van der Waals surface area contributed by atoms with Crippen LogP contribution in [0.15, 0.2) is 9.95 Å². The molecule has 1 N–H and O–H groups in total. The van der Waals surface area contributed by atoms with Crippen molar-refractivity contribution in [3.63, 3.8) is 0 Å². The predicted molar refractivity (Wildman–Crippen MR) is 108 cm³/mol. The van der Waals surface area contributed by atoms with Crippen LogP contribution in [0.25, 0.3) is 10.2 Å². The monoisotopic (exact) mass is 425 g/mol. The molecule has 0 spiro atoms. The van der Waals surface area contributed by atoms with Crippen molar-refractivity contribution < 1.29 is 19.1 Å². The molecular formula is C18H23N3O5S2. The Morgan fingerprint density at radius 2 is 2.07 bits per heavy atom. The molecule has 0 unspecified atom stereocenters. The summed E-state index contributed by atoms with van der Waals surface area (Å²) in [4.78, 5) is 43.0. The molecule has 0 atom stereocenters. The van der Waals surface area contributed by atoms with Crippen LogP contribution >= 0.6 is 23.1 Å². The summed E-state index contributed by atoms with van der Waals surface area (Å²) in [6.45, 7) is 0.563. The molecule has 1 aliphatic rings. The van der Waals surface area contributed by atoms with Crippen molar-refractivity contribution >= 4 is 45.2 Å². The van der Waals surface area contributed by atoms with Crippen molar-refractivity contribution in [1.82, 2.24) is 14.9 Å². The van der Waals surface area contributed by atoms with Crippen LogP contribution in [0.1, 0.15) is 23.3 Å². The van der Waals surface area contributed by atoms with Gasteiger partial charge in [-0.25, -0.2) is 4.98 Å². The lowest BCUT2D eigenvalue weighted by Gasteiger charge is -2.13. The first-order chi connectivity index (χ1) is 13.5. The van der Waals surface area contributed by atoms with Gasteiger partial charge in [0.1, 0.15) is 11.4 Å². The number of esters is 1. The molecule has 0 bridgehead atoms. The first kappa shape index (κ1) is 20.8. The van der Waals surface area contributed by atoms with Crippen LogP contribution in [-0.4, -0.2) is 54.6 Å². The number of amides is 1. The summed E-state index contributed by atoms with van der Waals surface area (Å²) in [6, 6.07) is 0. The number of aryl methyl sites for hydroxylation is 2. The van der Waals surface area contributed by atoms with Crippen molar-refractivity contribution in [2.45, 2.75) is 37.4 Å². The van der Waals surface area contributed by atoms with Crippen molar-refractivity contribution in [2.24, 2.45) is 0 Å². The van der Waals surface area contributed by atoms with E-state index >= 15 is 0 Å². The third-order valence-electron chi connectivity index (χ3n) is 4.55.